The number of carbonyl (C=O) groups excluding carboxylic acids is 1. The maximum atomic E-state index is 13.2. The van der Waals surface area contributed by atoms with Crippen molar-refractivity contribution >= 4 is 38.6 Å². The van der Waals surface area contributed by atoms with Gasteiger partial charge in [-0.1, -0.05) is 79.9 Å². The molecule has 0 bridgehead atoms. The van der Waals surface area contributed by atoms with Crippen LogP contribution in [0, 0.1) is 12.8 Å². The second kappa shape index (κ2) is 10.9. The van der Waals surface area contributed by atoms with Crippen LogP contribution >= 0.6 is 11.6 Å². The van der Waals surface area contributed by atoms with Gasteiger partial charge in [-0.25, -0.2) is 18.0 Å². The van der Waals surface area contributed by atoms with Crippen molar-refractivity contribution in [2.45, 2.75) is 38.1 Å². The summed E-state index contributed by atoms with van der Waals surface area (Å²) in [6.45, 7) is 5.44. The van der Waals surface area contributed by atoms with Crippen molar-refractivity contribution in [2.75, 3.05) is 0 Å². The smallest absolute Gasteiger partial charge is 0.336 e. The molecule has 1 aromatic heterocycles. The van der Waals surface area contributed by atoms with E-state index in [9.17, 15) is 18.0 Å². The average molecular weight is 540 g/mol. The lowest BCUT2D eigenvalue weighted by atomic mass is 10.0. The van der Waals surface area contributed by atoms with Crippen LogP contribution in [0.15, 0.2) is 86.9 Å². The largest absolute Gasteiger partial charge is 0.424 e. The van der Waals surface area contributed by atoms with E-state index < -0.39 is 27.7 Å². The number of sulfonamides is 1. The molecule has 0 radical (unpaired) electrons. The molecule has 2 atom stereocenters. The fraction of sp³-hybridized carbons (Fsp3) is 0.214. The summed E-state index contributed by atoms with van der Waals surface area (Å²) in [7, 11) is -4.00. The number of halogens is 1. The van der Waals surface area contributed by atoms with E-state index in [1.54, 1.807) is 25.1 Å². The Morgan fingerprint density at radius 2 is 1.73 bits per heavy atom. The Morgan fingerprint density at radius 1 is 1.05 bits per heavy atom. The average Bonchev–Trinajstić information content (AvgIpc) is 2.88. The second-order valence-electron chi connectivity index (χ2n) is 8.84. The lowest BCUT2D eigenvalue weighted by molar-refractivity contribution is -0.137. The zero-order chi connectivity index (χ0) is 26.7. The number of esters is 1. The maximum absolute atomic E-state index is 13.2. The van der Waals surface area contributed by atoms with Gasteiger partial charge in [0.25, 0.3) is 0 Å². The molecule has 7 nitrogen and oxygen atoms in total. The third-order valence-electron chi connectivity index (χ3n) is 6.17. The minimum Gasteiger partial charge on any atom is -0.424 e. The van der Waals surface area contributed by atoms with Crippen LogP contribution in [0.25, 0.3) is 22.1 Å². The van der Waals surface area contributed by atoms with Gasteiger partial charge >= 0.3 is 11.6 Å². The summed E-state index contributed by atoms with van der Waals surface area (Å²) in [5, 5.41) is 0.672. The molecule has 0 aliphatic carbocycles. The summed E-state index contributed by atoms with van der Waals surface area (Å²) in [6.07, 6.45) is 0.511. The number of aryl methyl sites for hydroxylation is 1. The number of fused-ring (bicyclic) bond motifs is 1. The van der Waals surface area contributed by atoms with Crippen LogP contribution in [0.4, 0.5) is 0 Å². The molecule has 4 aromatic rings. The summed E-state index contributed by atoms with van der Waals surface area (Å²) in [6, 6.07) is 18.7. The first kappa shape index (κ1) is 26.6. The first-order chi connectivity index (χ1) is 17.6. The Labute approximate surface area is 220 Å². The molecule has 0 unspecified atom stereocenters. The van der Waals surface area contributed by atoms with Crippen LogP contribution in [0.5, 0.6) is 5.75 Å². The monoisotopic (exact) mass is 539 g/mol. The molecule has 1 heterocycles. The van der Waals surface area contributed by atoms with Crippen molar-refractivity contribution in [1.82, 2.24) is 4.72 Å². The third-order valence-corrected chi connectivity index (χ3v) is 7.93. The van der Waals surface area contributed by atoms with Crippen LogP contribution in [0.3, 0.4) is 0 Å². The Balaban J connectivity index is 1.67. The van der Waals surface area contributed by atoms with Gasteiger partial charge in [-0.15, -0.1) is 0 Å². The van der Waals surface area contributed by atoms with Crippen molar-refractivity contribution in [3.8, 4) is 16.9 Å². The lowest BCUT2D eigenvalue weighted by Crippen LogP contribution is -2.46. The predicted octanol–water partition coefficient (Wildman–Crippen LogP) is 5.72. The van der Waals surface area contributed by atoms with Crippen LogP contribution in [-0.4, -0.2) is 20.4 Å². The molecule has 0 saturated heterocycles. The van der Waals surface area contributed by atoms with Gasteiger partial charge < -0.3 is 9.15 Å². The molecular formula is C28H26ClNO6S. The number of ether oxygens (including phenoxy) is 1. The van der Waals surface area contributed by atoms with Gasteiger partial charge in [-0.2, -0.15) is 4.72 Å². The molecule has 0 fully saturated rings. The quantitative estimate of drug-likeness (QED) is 0.174. The molecule has 192 valence electrons. The number of rotatable bonds is 8. The van der Waals surface area contributed by atoms with Crippen molar-refractivity contribution < 1.29 is 22.4 Å². The number of hydrogen-bond donors (Lipinski definition) is 1. The van der Waals surface area contributed by atoms with Crippen molar-refractivity contribution in [2.24, 2.45) is 5.92 Å². The molecular weight excluding hydrogens is 514 g/mol. The third kappa shape index (κ3) is 5.93. The molecule has 0 aliphatic heterocycles. The molecule has 37 heavy (non-hydrogen) atoms. The topological polar surface area (TPSA) is 103 Å². The van der Waals surface area contributed by atoms with E-state index in [2.05, 4.69) is 4.72 Å². The van der Waals surface area contributed by atoms with E-state index in [1.165, 1.54) is 24.3 Å². The highest BCUT2D eigenvalue weighted by atomic mass is 35.5. The molecule has 0 saturated carbocycles. The van der Waals surface area contributed by atoms with E-state index in [1.807, 2.05) is 44.2 Å². The minimum atomic E-state index is -4.00. The summed E-state index contributed by atoms with van der Waals surface area (Å²) in [4.78, 5) is 25.5. The van der Waals surface area contributed by atoms with E-state index in [4.69, 9.17) is 20.8 Å². The Kier molecular flexibility index (Phi) is 7.82. The molecule has 3 aromatic carbocycles. The van der Waals surface area contributed by atoms with Gasteiger partial charge in [0, 0.05) is 17.5 Å². The standard InChI is InChI=1S/C28H26ClNO6S/c1-4-18(3)27(30-37(33,34)20-12-10-17(2)11-13-20)28(32)36-25-16-24-22(14-23(25)29)21(15-26(31)35-24)19-8-6-5-7-9-19/h5-16,18,27,30H,4H2,1-3H3/t18-,27-/m1/s1. The van der Waals surface area contributed by atoms with Crippen LogP contribution < -0.4 is 15.1 Å². The van der Waals surface area contributed by atoms with Crippen molar-refractivity contribution in [1.29, 1.82) is 0 Å². The van der Waals surface area contributed by atoms with Gasteiger partial charge in [0.05, 0.1) is 9.92 Å². The molecule has 9 heteroatoms. The zero-order valence-corrected chi connectivity index (χ0v) is 22.1. The van der Waals surface area contributed by atoms with Gasteiger partial charge in [-0.05, 0) is 42.2 Å². The predicted molar refractivity (Wildman–Crippen MR) is 143 cm³/mol. The number of benzene rings is 3. The minimum absolute atomic E-state index is 0.0400. The number of hydrogen-bond acceptors (Lipinski definition) is 6. The molecule has 0 aliphatic rings. The van der Waals surface area contributed by atoms with Crippen molar-refractivity contribution in [3.05, 3.63) is 93.8 Å². The Morgan fingerprint density at radius 3 is 2.38 bits per heavy atom. The highest BCUT2D eigenvalue weighted by Crippen LogP contribution is 2.35. The second-order valence-corrected chi connectivity index (χ2v) is 11.0. The maximum Gasteiger partial charge on any atom is 0.336 e. The van der Waals surface area contributed by atoms with Gasteiger partial charge in [0.15, 0.2) is 5.75 Å². The summed E-state index contributed by atoms with van der Waals surface area (Å²) < 4.78 is 39.4. The van der Waals surface area contributed by atoms with Gasteiger partial charge in [0.2, 0.25) is 10.0 Å². The lowest BCUT2D eigenvalue weighted by Gasteiger charge is -2.23. The molecule has 0 amide bonds. The van der Waals surface area contributed by atoms with Crippen LogP contribution in [0.2, 0.25) is 5.02 Å². The SMILES string of the molecule is CC[C@@H](C)[C@@H](NS(=O)(=O)c1ccc(C)cc1)C(=O)Oc1cc2oc(=O)cc(-c3ccccc3)c2cc1Cl. The normalized spacial score (nSPS) is 13.3. The van der Waals surface area contributed by atoms with E-state index in [0.717, 1.165) is 11.1 Å². The van der Waals surface area contributed by atoms with Crippen LogP contribution in [-0.2, 0) is 14.8 Å². The fourth-order valence-electron chi connectivity index (χ4n) is 3.85. The number of carbonyl (C=O) groups is 1. The summed E-state index contributed by atoms with van der Waals surface area (Å²) in [5.74, 6) is -1.25. The highest BCUT2D eigenvalue weighted by molar-refractivity contribution is 7.89. The number of nitrogens with one attached hydrogen (secondary N) is 1. The van der Waals surface area contributed by atoms with Gasteiger partial charge in [0.1, 0.15) is 11.6 Å². The van der Waals surface area contributed by atoms with Gasteiger partial charge in [-0.3, -0.25) is 0 Å². The Hall–Kier alpha value is -3.46. The van der Waals surface area contributed by atoms with Crippen molar-refractivity contribution in [3.63, 3.8) is 0 Å². The van der Waals surface area contributed by atoms with Crippen LogP contribution in [0.1, 0.15) is 25.8 Å². The zero-order valence-electron chi connectivity index (χ0n) is 20.5. The van der Waals surface area contributed by atoms with E-state index >= 15 is 0 Å². The molecule has 4 rings (SSSR count). The van der Waals surface area contributed by atoms with E-state index in [0.29, 0.717) is 17.4 Å². The van der Waals surface area contributed by atoms with E-state index in [-0.39, 0.29) is 27.2 Å². The fourth-order valence-corrected chi connectivity index (χ4v) is 5.35. The highest BCUT2D eigenvalue weighted by Gasteiger charge is 2.32. The summed E-state index contributed by atoms with van der Waals surface area (Å²) >= 11 is 6.47. The first-order valence-electron chi connectivity index (χ1n) is 11.7. The molecule has 0 spiro atoms. The Bertz CT molecular complexity index is 1600. The molecule has 1 N–H and O–H groups in total. The summed E-state index contributed by atoms with van der Waals surface area (Å²) in [5.41, 5.74) is 1.93. The first-order valence-corrected chi connectivity index (χ1v) is 13.6.